The van der Waals surface area contributed by atoms with E-state index in [0.29, 0.717) is 6.54 Å². The number of rotatable bonds is 1. The van der Waals surface area contributed by atoms with E-state index in [1.807, 2.05) is 24.3 Å². The monoisotopic (exact) mass is 211 g/mol. The molecule has 2 nitrogen and oxygen atoms in total. The summed E-state index contributed by atoms with van der Waals surface area (Å²) in [5, 5.41) is 13.7. The Morgan fingerprint density at radius 3 is 2.64 bits per heavy atom. The van der Waals surface area contributed by atoms with E-state index in [2.05, 4.69) is 5.32 Å². The molecule has 2 N–H and O–H groups in total. The van der Waals surface area contributed by atoms with Crippen LogP contribution in [0.5, 0.6) is 0 Å². The first-order chi connectivity index (χ1) is 6.77. The molecule has 2 atom stereocenters. The topological polar surface area (TPSA) is 32.3 Å². The molecule has 0 radical (unpaired) electrons. The highest BCUT2D eigenvalue weighted by molar-refractivity contribution is 6.30. The average Bonchev–Trinajstić information content (AvgIpc) is 2.20. The van der Waals surface area contributed by atoms with Crippen LogP contribution in [-0.2, 0) is 0 Å². The third-order valence-electron chi connectivity index (χ3n) is 2.75. The van der Waals surface area contributed by atoms with Crippen LogP contribution in [-0.4, -0.2) is 24.3 Å². The summed E-state index contributed by atoms with van der Waals surface area (Å²) in [6.45, 7) is 1.66. The Kier molecular flexibility index (Phi) is 3.06. The lowest BCUT2D eigenvalue weighted by Crippen LogP contribution is -2.39. The van der Waals surface area contributed by atoms with Crippen molar-refractivity contribution in [1.82, 2.24) is 5.32 Å². The third-order valence-corrected chi connectivity index (χ3v) is 3.00. The van der Waals surface area contributed by atoms with Gasteiger partial charge in [0.25, 0.3) is 0 Å². The largest absolute Gasteiger partial charge is 0.391 e. The van der Waals surface area contributed by atoms with Gasteiger partial charge >= 0.3 is 0 Å². The maximum absolute atomic E-state index is 9.80. The summed E-state index contributed by atoms with van der Waals surface area (Å²) < 4.78 is 0. The van der Waals surface area contributed by atoms with Crippen molar-refractivity contribution in [1.29, 1.82) is 0 Å². The minimum atomic E-state index is -0.273. The first kappa shape index (κ1) is 9.97. The summed E-state index contributed by atoms with van der Waals surface area (Å²) in [6.07, 6.45) is 0.716. The first-order valence-corrected chi connectivity index (χ1v) is 5.29. The van der Waals surface area contributed by atoms with Crippen LogP contribution in [0.25, 0.3) is 0 Å². The molecule has 0 aromatic heterocycles. The molecule has 1 heterocycles. The van der Waals surface area contributed by atoms with Gasteiger partial charge in [-0.05, 0) is 30.7 Å². The van der Waals surface area contributed by atoms with Gasteiger partial charge in [0.15, 0.2) is 0 Å². The Morgan fingerprint density at radius 2 is 2.00 bits per heavy atom. The third kappa shape index (κ3) is 2.08. The van der Waals surface area contributed by atoms with E-state index in [1.165, 1.54) is 5.56 Å². The van der Waals surface area contributed by atoms with E-state index in [-0.39, 0.29) is 12.0 Å². The van der Waals surface area contributed by atoms with Gasteiger partial charge in [-0.2, -0.15) is 0 Å². The molecule has 14 heavy (non-hydrogen) atoms. The quantitative estimate of drug-likeness (QED) is 0.742. The van der Waals surface area contributed by atoms with Crippen molar-refractivity contribution in [3.05, 3.63) is 34.9 Å². The Morgan fingerprint density at radius 1 is 1.29 bits per heavy atom. The first-order valence-electron chi connectivity index (χ1n) is 4.91. The molecule has 1 aliphatic rings. The summed E-state index contributed by atoms with van der Waals surface area (Å²) in [4.78, 5) is 0. The molecule has 1 aromatic carbocycles. The molecule has 1 aromatic rings. The number of benzene rings is 1. The Labute approximate surface area is 88.9 Å². The lowest BCUT2D eigenvalue weighted by Gasteiger charge is -2.28. The minimum Gasteiger partial charge on any atom is -0.391 e. The van der Waals surface area contributed by atoms with Crippen LogP contribution in [0.4, 0.5) is 0 Å². The highest BCUT2D eigenvalue weighted by atomic mass is 35.5. The predicted molar refractivity (Wildman–Crippen MR) is 57.7 cm³/mol. The van der Waals surface area contributed by atoms with Gasteiger partial charge in [0.05, 0.1) is 6.10 Å². The second kappa shape index (κ2) is 4.30. The van der Waals surface area contributed by atoms with Gasteiger partial charge in [0.1, 0.15) is 0 Å². The second-order valence-electron chi connectivity index (χ2n) is 3.72. The van der Waals surface area contributed by atoms with Gasteiger partial charge in [0.2, 0.25) is 0 Å². The maximum atomic E-state index is 9.80. The summed E-state index contributed by atoms with van der Waals surface area (Å²) in [5.41, 5.74) is 1.18. The van der Waals surface area contributed by atoms with E-state index >= 15 is 0 Å². The van der Waals surface area contributed by atoms with Crippen molar-refractivity contribution in [2.24, 2.45) is 0 Å². The van der Waals surface area contributed by atoms with Gasteiger partial charge in [-0.1, -0.05) is 23.7 Å². The number of piperidine rings is 1. The zero-order valence-corrected chi connectivity index (χ0v) is 8.67. The van der Waals surface area contributed by atoms with Gasteiger partial charge in [-0.25, -0.2) is 0 Å². The Bertz CT molecular complexity index is 299. The van der Waals surface area contributed by atoms with Crippen LogP contribution in [0.1, 0.15) is 17.9 Å². The van der Waals surface area contributed by atoms with Crippen LogP contribution < -0.4 is 5.32 Å². The summed E-state index contributed by atoms with van der Waals surface area (Å²) in [6, 6.07) is 7.76. The molecule has 0 aliphatic carbocycles. The standard InChI is InChI=1S/C11H14ClNO/c12-9-3-1-8(2-4-9)10-5-6-13-7-11(10)14/h1-4,10-11,13-14H,5-7H2. The van der Waals surface area contributed by atoms with E-state index in [9.17, 15) is 5.11 Å². The molecule has 0 saturated carbocycles. The Hall–Kier alpha value is -0.570. The molecule has 0 amide bonds. The predicted octanol–water partition coefficient (Wildman–Crippen LogP) is 1.78. The number of aliphatic hydroxyl groups is 1. The van der Waals surface area contributed by atoms with E-state index in [1.54, 1.807) is 0 Å². The van der Waals surface area contributed by atoms with E-state index in [4.69, 9.17) is 11.6 Å². The normalized spacial score (nSPS) is 27.6. The lowest BCUT2D eigenvalue weighted by atomic mass is 9.88. The number of nitrogens with one attached hydrogen (secondary N) is 1. The fraction of sp³-hybridized carbons (Fsp3) is 0.455. The summed E-state index contributed by atoms with van der Waals surface area (Å²) in [7, 11) is 0. The van der Waals surface area contributed by atoms with Crippen LogP contribution in [0.15, 0.2) is 24.3 Å². The van der Waals surface area contributed by atoms with Gasteiger partial charge in [0, 0.05) is 17.5 Å². The molecular formula is C11H14ClNO. The van der Waals surface area contributed by atoms with Gasteiger partial charge < -0.3 is 10.4 Å². The number of aliphatic hydroxyl groups excluding tert-OH is 1. The fourth-order valence-electron chi connectivity index (χ4n) is 1.94. The molecule has 1 aliphatic heterocycles. The van der Waals surface area contributed by atoms with Crippen molar-refractivity contribution in [2.75, 3.05) is 13.1 Å². The molecule has 0 spiro atoms. The zero-order valence-electron chi connectivity index (χ0n) is 7.91. The summed E-state index contributed by atoms with van der Waals surface area (Å²) >= 11 is 5.81. The number of hydrogen-bond donors (Lipinski definition) is 2. The molecule has 1 saturated heterocycles. The zero-order chi connectivity index (χ0) is 9.97. The molecule has 0 bridgehead atoms. The second-order valence-corrected chi connectivity index (χ2v) is 4.15. The van der Waals surface area contributed by atoms with Crippen LogP contribution >= 0.6 is 11.6 Å². The van der Waals surface area contributed by atoms with Crippen molar-refractivity contribution < 1.29 is 5.11 Å². The van der Waals surface area contributed by atoms with Crippen molar-refractivity contribution in [3.63, 3.8) is 0 Å². The van der Waals surface area contributed by atoms with Gasteiger partial charge in [-0.15, -0.1) is 0 Å². The number of hydrogen-bond acceptors (Lipinski definition) is 2. The van der Waals surface area contributed by atoms with Gasteiger partial charge in [-0.3, -0.25) is 0 Å². The molecule has 3 heteroatoms. The van der Waals surface area contributed by atoms with Crippen molar-refractivity contribution >= 4 is 11.6 Å². The average molecular weight is 212 g/mol. The minimum absolute atomic E-state index is 0.258. The van der Waals surface area contributed by atoms with Crippen molar-refractivity contribution in [3.8, 4) is 0 Å². The highest BCUT2D eigenvalue weighted by Gasteiger charge is 2.23. The summed E-state index contributed by atoms with van der Waals surface area (Å²) in [5.74, 6) is 0.258. The highest BCUT2D eigenvalue weighted by Crippen LogP contribution is 2.26. The van der Waals surface area contributed by atoms with Crippen LogP contribution in [0, 0.1) is 0 Å². The molecule has 1 fully saturated rings. The van der Waals surface area contributed by atoms with Crippen LogP contribution in [0.2, 0.25) is 5.02 Å². The molecular weight excluding hydrogens is 198 g/mol. The lowest BCUT2D eigenvalue weighted by molar-refractivity contribution is 0.118. The SMILES string of the molecule is OC1CNCCC1c1ccc(Cl)cc1. The molecule has 2 rings (SSSR count). The number of β-amino-alcohol motifs (C(OH)–C–C–N with tert-alkyl or cyclic N) is 1. The smallest absolute Gasteiger partial charge is 0.0733 e. The molecule has 76 valence electrons. The van der Waals surface area contributed by atoms with Crippen LogP contribution in [0.3, 0.4) is 0 Å². The Balaban J connectivity index is 2.16. The van der Waals surface area contributed by atoms with E-state index < -0.39 is 0 Å². The molecule has 2 unspecified atom stereocenters. The fourth-order valence-corrected chi connectivity index (χ4v) is 2.07. The maximum Gasteiger partial charge on any atom is 0.0733 e. The number of halogens is 1. The van der Waals surface area contributed by atoms with Crippen molar-refractivity contribution in [2.45, 2.75) is 18.4 Å². The van der Waals surface area contributed by atoms with E-state index in [0.717, 1.165) is 18.0 Å².